The zero-order valence-electron chi connectivity index (χ0n) is 12.5. The quantitative estimate of drug-likeness (QED) is 0.701. The van der Waals surface area contributed by atoms with E-state index in [-0.39, 0.29) is 11.2 Å². The van der Waals surface area contributed by atoms with E-state index in [1.54, 1.807) is 0 Å². The van der Waals surface area contributed by atoms with Gasteiger partial charge in [0.15, 0.2) is 0 Å². The third-order valence-corrected chi connectivity index (χ3v) is 5.98. The Labute approximate surface area is 117 Å². The number of rotatable bonds is 7. The van der Waals surface area contributed by atoms with Crippen molar-refractivity contribution >= 4 is 9.84 Å². The van der Waals surface area contributed by atoms with Crippen LogP contribution in [0.15, 0.2) is 0 Å². The Morgan fingerprint density at radius 1 is 1.32 bits per heavy atom. The van der Waals surface area contributed by atoms with Crippen molar-refractivity contribution in [2.45, 2.75) is 63.2 Å². The Morgan fingerprint density at radius 3 is 2.58 bits per heavy atom. The molecule has 0 aromatic heterocycles. The molecule has 19 heavy (non-hydrogen) atoms. The van der Waals surface area contributed by atoms with E-state index < -0.39 is 15.4 Å². The predicted octanol–water partition coefficient (Wildman–Crippen LogP) is 1.73. The van der Waals surface area contributed by atoms with E-state index in [0.29, 0.717) is 12.8 Å². The Hall–Kier alpha value is -0.130. The molecule has 1 saturated carbocycles. The minimum absolute atomic E-state index is 0.101. The maximum Gasteiger partial charge on any atom is 0.150 e. The zero-order valence-corrected chi connectivity index (χ0v) is 13.3. The van der Waals surface area contributed by atoms with Gasteiger partial charge in [0.25, 0.3) is 0 Å². The zero-order chi connectivity index (χ0) is 14.5. The third kappa shape index (κ3) is 5.40. The lowest BCUT2D eigenvalue weighted by Crippen LogP contribution is -2.42. The van der Waals surface area contributed by atoms with E-state index in [4.69, 9.17) is 0 Å². The number of nitrogens with one attached hydrogen (secondary N) is 1. The molecule has 0 radical (unpaired) electrons. The van der Waals surface area contributed by atoms with Crippen LogP contribution in [0, 0.1) is 5.92 Å². The van der Waals surface area contributed by atoms with Crippen LogP contribution in [0.3, 0.4) is 0 Å². The molecule has 114 valence electrons. The molecule has 0 bridgehead atoms. The summed E-state index contributed by atoms with van der Waals surface area (Å²) in [4.78, 5) is 0. The Kier molecular flexibility index (Phi) is 6.27. The van der Waals surface area contributed by atoms with Gasteiger partial charge < -0.3 is 10.4 Å². The maximum atomic E-state index is 11.7. The maximum absolute atomic E-state index is 11.7. The van der Waals surface area contributed by atoms with E-state index in [1.807, 2.05) is 6.92 Å². The van der Waals surface area contributed by atoms with Crippen LogP contribution in [0.1, 0.15) is 52.4 Å². The molecule has 0 saturated heterocycles. The van der Waals surface area contributed by atoms with Gasteiger partial charge in [0, 0.05) is 6.26 Å². The van der Waals surface area contributed by atoms with Gasteiger partial charge in [0.05, 0.1) is 10.9 Å². The van der Waals surface area contributed by atoms with E-state index in [0.717, 1.165) is 38.8 Å². The van der Waals surface area contributed by atoms with Crippen LogP contribution in [-0.4, -0.2) is 43.7 Å². The molecule has 5 heteroatoms. The van der Waals surface area contributed by atoms with Crippen molar-refractivity contribution in [2.75, 3.05) is 19.3 Å². The van der Waals surface area contributed by atoms with Crippen molar-refractivity contribution in [3.8, 4) is 0 Å². The number of aliphatic hydroxyl groups is 1. The van der Waals surface area contributed by atoms with Gasteiger partial charge in [-0.1, -0.05) is 13.3 Å². The summed E-state index contributed by atoms with van der Waals surface area (Å²) in [5.74, 6) is 0.101. The van der Waals surface area contributed by atoms with Crippen molar-refractivity contribution < 1.29 is 13.5 Å². The first-order valence-corrected chi connectivity index (χ1v) is 9.34. The second-order valence-electron chi connectivity index (χ2n) is 6.17. The summed E-state index contributed by atoms with van der Waals surface area (Å²) in [7, 11) is -2.97. The standard InChI is InChI=1S/C14H29NO3S/c1-4-9-15-10-8-14(2,16)12-6-5-7-13(11-12)19(3,17)18/h12-13,15-16H,4-11H2,1-3H3. The summed E-state index contributed by atoms with van der Waals surface area (Å²) >= 11 is 0. The molecule has 0 amide bonds. The molecule has 1 aliphatic carbocycles. The molecular formula is C14H29NO3S. The molecule has 1 rings (SSSR count). The lowest BCUT2D eigenvalue weighted by molar-refractivity contribution is -0.0222. The summed E-state index contributed by atoms with van der Waals surface area (Å²) < 4.78 is 23.3. The summed E-state index contributed by atoms with van der Waals surface area (Å²) in [6.45, 7) is 5.73. The molecule has 3 atom stereocenters. The van der Waals surface area contributed by atoms with Crippen molar-refractivity contribution in [1.82, 2.24) is 5.32 Å². The topological polar surface area (TPSA) is 66.4 Å². The molecule has 2 N–H and O–H groups in total. The summed E-state index contributed by atoms with van der Waals surface area (Å²) in [6, 6.07) is 0. The summed E-state index contributed by atoms with van der Waals surface area (Å²) in [6.07, 6.45) is 6.29. The molecule has 3 unspecified atom stereocenters. The highest BCUT2D eigenvalue weighted by Crippen LogP contribution is 2.36. The van der Waals surface area contributed by atoms with E-state index in [9.17, 15) is 13.5 Å². The van der Waals surface area contributed by atoms with Crippen molar-refractivity contribution in [1.29, 1.82) is 0 Å². The lowest BCUT2D eigenvalue weighted by atomic mass is 9.76. The number of hydrogen-bond donors (Lipinski definition) is 2. The molecule has 4 nitrogen and oxygen atoms in total. The van der Waals surface area contributed by atoms with Crippen LogP contribution in [0.2, 0.25) is 0 Å². The first-order chi connectivity index (χ1) is 8.77. The van der Waals surface area contributed by atoms with Gasteiger partial charge >= 0.3 is 0 Å². The van der Waals surface area contributed by atoms with E-state index in [1.165, 1.54) is 6.26 Å². The minimum Gasteiger partial charge on any atom is -0.390 e. The fourth-order valence-electron chi connectivity index (χ4n) is 2.95. The largest absolute Gasteiger partial charge is 0.390 e. The third-order valence-electron chi connectivity index (χ3n) is 4.35. The van der Waals surface area contributed by atoms with Gasteiger partial charge in [-0.25, -0.2) is 8.42 Å². The van der Waals surface area contributed by atoms with Gasteiger partial charge in [-0.15, -0.1) is 0 Å². The van der Waals surface area contributed by atoms with E-state index in [2.05, 4.69) is 12.2 Å². The fraction of sp³-hybridized carbons (Fsp3) is 1.00. The van der Waals surface area contributed by atoms with Crippen molar-refractivity contribution in [2.24, 2.45) is 5.92 Å². The minimum atomic E-state index is -2.97. The van der Waals surface area contributed by atoms with Crippen LogP contribution in [0.4, 0.5) is 0 Å². The first-order valence-electron chi connectivity index (χ1n) is 7.39. The fourth-order valence-corrected chi connectivity index (χ4v) is 4.12. The summed E-state index contributed by atoms with van der Waals surface area (Å²) in [5.41, 5.74) is -0.760. The normalized spacial score (nSPS) is 28.0. The highest BCUT2D eigenvalue weighted by molar-refractivity contribution is 7.91. The monoisotopic (exact) mass is 291 g/mol. The predicted molar refractivity (Wildman–Crippen MR) is 79.0 cm³/mol. The molecule has 0 spiro atoms. The molecule has 1 aliphatic rings. The van der Waals surface area contributed by atoms with Crippen LogP contribution >= 0.6 is 0 Å². The number of hydrogen-bond acceptors (Lipinski definition) is 4. The van der Waals surface area contributed by atoms with Gasteiger partial charge in [-0.05, 0) is 58.0 Å². The van der Waals surface area contributed by atoms with Crippen molar-refractivity contribution in [3.63, 3.8) is 0 Å². The van der Waals surface area contributed by atoms with Gasteiger partial charge in [0.2, 0.25) is 0 Å². The van der Waals surface area contributed by atoms with Crippen LogP contribution < -0.4 is 5.32 Å². The lowest BCUT2D eigenvalue weighted by Gasteiger charge is -2.38. The number of sulfone groups is 1. The highest BCUT2D eigenvalue weighted by Gasteiger charge is 2.38. The Bertz CT molecular complexity index is 365. The van der Waals surface area contributed by atoms with Crippen LogP contribution in [0.25, 0.3) is 0 Å². The van der Waals surface area contributed by atoms with E-state index >= 15 is 0 Å². The highest BCUT2D eigenvalue weighted by atomic mass is 32.2. The van der Waals surface area contributed by atoms with Gasteiger partial charge in [0.1, 0.15) is 9.84 Å². The van der Waals surface area contributed by atoms with Gasteiger partial charge in [-0.2, -0.15) is 0 Å². The Balaban J connectivity index is 2.52. The molecule has 0 heterocycles. The van der Waals surface area contributed by atoms with Crippen LogP contribution in [0.5, 0.6) is 0 Å². The molecular weight excluding hydrogens is 262 g/mol. The molecule has 0 aliphatic heterocycles. The SMILES string of the molecule is CCCNCCC(C)(O)C1CCCC(S(C)(=O)=O)C1. The molecule has 0 aromatic rings. The average molecular weight is 291 g/mol. The van der Waals surface area contributed by atoms with Crippen LogP contribution in [-0.2, 0) is 9.84 Å². The van der Waals surface area contributed by atoms with Crippen molar-refractivity contribution in [3.05, 3.63) is 0 Å². The van der Waals surface area contributed by atoms with Gasteiger partial charge in [-0.3, -0.25) is 0 Å². The molecule has 0 aromatic carbocycles. The first kappa shape index (κ1) is 16.9. The summed E-state index contributed by atoms with van der Waals surface area (Å²) in [5, 5.41) is 13.6. The average Bonchev–Trinajstić information content (AvgIpc) is 2.34. The Morgan fingerprint density at radius 2 is 2.00 bits per heavy atom. The smallest absolute Gasteiger partial charge is 0.150 e. The second-order valence-corrected chi connectivity index (χ2v) is 8.50. The molecule has 1 fully saturated rings. The second kappa shape index (κ2) is 7.04.